The molecule has 2 aromatic carbocycles. The smallest absolute Gasteiger partial charge is 0.277 e. The molecule has 124 valence electrons. The number of carbonyl (C=O) groups is 1. The van der Waals surface area contributed by atoms with Gasteiger partial charge in [0.1, 0.15) is 5.75 Å². The standard InChI is InChI=1S/C20H22N2O2/c1-15-11-12-16(2)20(17(15)3)24-14-19(23)22-21-13-7-10-18-8-5-4-6-9-18/h4-13H,14H2,1-3H3,(H,22,23)/b10-7+,21-13-. The molecule has 24 heavy (non-hydrogen) atoms. The van der Waals surface area contributed by atoms with Crippen LogP contribution in [0.2, 0.25) is 0 Å². The largest absolute Gasteiger partial charge is 0.483 e. The quantitative estimate of drug-likeness (QED) is 0.649. The lowest BCUT2D eigenvalue weighted by Gasteiger charge is -2.13. The number of nitrogens with one attached hydrogen (secondary N) is 1. The fraction of sp³-hybridized carbons (Fsp3) is 0.200. The van der Waals surface area contributed by atoms with Crippen molar-refractivity contribution < 1.29 is 9.53 Å². The van der Waals surface area contributed by atoms with E-state index in [0.29, 0.717) is 0 Å². The lowest BCUT2D eigenvalue weighted by molar-refractivity contribution is -0.123. The van der Waals surface area contributed by atoms with Gasteiger partial charge in [-0.1, -0.05) is 48.5 Å². The van der Waals surface area contributed by atoms with Gasteiger partial charge in [-0.3, -0.25) is 4.79 Å². The number of carbonyl (C=O) groups excluding carboxylic acids is 1. The van der Waals surface area contributed by atoms with Crippen LogP contribution in [0.1, 0.15) is 22.3 Å². The molecule has 1 N–H and O–H groups in total. The highest BCUT2D eigenvalue weighted by Gasteiger charge is 2.08. The second-order valence-corrected chi connectivity index (χ2v) is 5.53. The summed E-state index contributed by atoms with van der Waals surface area (Å²) in [6, 6.07) is 13.9. The van der Waals surface area contributed by atoms with Gasteiger partial charge in [-0.2, -0.15) is 5.10 Å². The summed E-state index contributed by atoms with van der Waals surface area (Å²) in [5.41, 5.74) is 6.73. The third kappa shape index (κ3) is 5.09. The Hall–Kier alpha value is -2.88. The van der Waals surface area contributed by atoms with Crippen molar-refractivity contribution in [1.82, 2.24) is 5.43 Å². The molecule has 4 nitrogen and oxygen atoms in total. The monoisotopic (exact) mass is 322 g/mol. The molecular formula is C20H22N2O2. The van der Waals surface area contributed by atoms with E-state index < -0.39 is 0 Å². The van der Waals surface area contributed by atoms with Crippen LogP contribution in [0.25, 0.3) is 6.08 Å². The third-order valence-electron chi connectivity index (χ3n) is 3.66. The summed E-state index contributed by atoms with van der Waals surface area (Å²) >= 11 is 0. The van der Waals surface area contributed by atoms with Crippen LogP contribution in [0.15, 0.2) is 53.6 Å². The third-order valence-corrected chi connectivity index (χ3v) is 3.66. The molecule has 0 atom stereocenters. The van der Waals surface area contributed by atoms with Crippen molar-refractivity contribution in [2.45, 2.75) is 20.8 Å². The highest BCUT2D eigenvalue weighted by molar-refractivity contribution is 5.82. The van der Waals surface area contributed by atoms with Gasteiger partial charge in [0, 0.05) is 6.21 Å². The number of ether oxygens (including phenoxy) is 1. The first-order valence-corrected chi connectivity index (χ1v) is 7.81. The van der Waals surface area contributed by atoms with Crippen LogP contribution in [0.5, 0.6) is 5.75 Å². The van der Waals surface area contributed by atoms with Gasteiger partial charge in [0.15, 0.2) is 6.61 Å². The van der Waals surface area contributed by atoms with E-state index in [9.17, 15) is 4.79 Å². The predicted molar refractivity (Wildman–Crippen MR) is 98.3 cm³/mol. The summed E-state index contributed by atoms with van der Waals surface area (Å²) in [5, 5.41) is 3.87. The molecular weight excluding hydrogens is 300 g/mol. The molecule has 0 aliphatic carbocycles. The van der Waals surface area contributed by atoms with Crippen LogP contribution in [0, 0.1) is 20.8 Å². The summed E-state index contributed by atoms with van der Waals surface area (Å²) in [6.07, 6.45) is 5.21. The fourth-order valence-corrected chi connectivity index (χ4v) is 2.19. The van der Waals surface area contributed by atoms with E-state index in [1.807, 2.05) is 69.3 Å². The van der Waals surface area contributed by atoms with E-state index in [4.69, 9.17) is 4.74 Å². The topological polar surface area (TPSA) is 50.7 Å². The van der Waals surface area contributed by atoms with Gasteiger partial charge in [0.25, 0.3) is 5.91 Å². The minimum absolute atomic E-state index is 0.0646. The van der Waals surface area contributed by atoms with Crippen molar-refractivity contribution in [3.05, 3.63) is 70.8 Å². The van der Waals surface area contributed by atoms with Gasteiger partial charge in [-0.15, -0.1) is 0 Å². The maximum absolute atomic E-state index is 11.8. The average Bonchev–Trinajstić information content (AvgIpc) is 2.59. The number of aryl methyl sites for hydroxylation is 2. The molecule has 4 heteroatoms. The summed E-state index contributed by atoms with van der Waals surface area (Å²) in [7, 11) is 0. The molecule has 2 aromatic rings. The number of rotatable bonds is 6. The van der Waals surface area contributed by atoms with Crippen molar-refractivity contribution in [3.8, 4) is 5.75 Å². The number of hydrogen-bond acceptors (Lipinski definition) is 3. The van der Waals surface area contributed by atoms with Crippen molar-refractivity contribution in [2.24, 2.45) is 5.10 Å². The first kappa shape index (κ1) is 17.5. The van der Waals surface area contributed by atoms with Gasteiger partial charge in [-0.05, 0) is 49.1 Å². The molecule has 0 radical (unpaired) electrons. The number of amides is 1. The SMILES string of the molecule is Cc1ccc(C)c(OCC(=O)N/N=C\C=C\c2ccccc2)c1C. The van der Waals surface area contributed by atoms with E-state index in [0.717, 1.165) is 28.0 Å². The lowest BCUT2D eigenvalue weighted by atomic mass is 10.1. The summed E-state index contributed by atoms with van der Waals surface area (Å²) in [4.78, 5) is 11.8. The van der Waals surface area contributed by atoms with Gasteiger partial charge >= 0.3 is 0 Å². The molecule has 0 aromatic heterocycles. The number of benzene rings is 2. The molecule has 0 unspecified atom stereocenters. The molecule has 0 heterocycles. The Balaban J connectivity index is 1.81. The van der Waals surface area contributed by atoms with Crippen LogP contribution in [0.3, 0.4) is 0 Å². The van der Waals surface area contributed by atoms with E-state index in [2.05, 4.69) is 10.5 Å². The van der Waals surface area contributed by atoms with Crippen molar-refractivity contribution >= 4 is 18.2 Å². The highest BCUT2D eigenvalue weighted by Crippen LogP contribution is 2.25. The van der Waals surface area contributed by atoms with Crippen LogP contribution in [-0.2, 0) is 4.79 Å². The van der Waals surface area contributed by atoms with E-state index in [1.165, 1.54) is 6.21 Å². The van der Waals surface area contributed by atoms with E-state index in [1.54, 1.807) is 6.08 Å². The van der Waals surface area contributed by atoms with Gasteiger partial charge < -0.3 is 4.74 Å². The molecule has 0 saturated heterocycles. The van der Waals surface area contributed by atoms with Crippen molar-refractivity contribution in [1.29, 1.82) is 0 Å². The molecule has 0 bridgehead atoms. The number of hydrazone groups is 1. The normalized spacial score (nSPS) is 11.1. The van der Waals surface area contributed by atoms with Gasteiger partial charge in [0.05, 0.1) is 0 Å². The molecule has 2 rings (SSSR count). The average molecular weight is 322 g/mol. The Morgan fingerprint density at radius 2 is 1.79 bits per heavy atom. The Bertz CT molecular complexity index is 750. The molecule has 0 spiro atoms. The Labute approximate surface area is 142 Å². The molecule has 0 fully saturated rings. The maximum Gasteiger partial charge on any atom is 0.277 e. The first-order valence-electron chi connectivity index (χ1n) is 7.81. The minimum atomic E-state index is -0.292. The first-order chi connectivity index (χ1) is 11.6. The minimum Gasteiger partial charge on any atom is -0.483 e. The zero-order chi connectivity index (χ0) is 17.4. The molecule has 0 aliphatic rings. The van der Waals surface area contributed by atoms with Gasteiger partial charge in [0.2, 0.25) is 0 Å². The van der Waals surface area contributed by atoms with Crippen molar-refractivity contribution in [2.75, 3.05) is 6.61 Å². The lowest BCUT2D eigenvalue weighted by Crippen LogP contribution is -2.24. The summed E-state index contributed by atoms with van der Waals surface area (Å²) < 4.78 is 5.63. The summed E-state index contributed by atoms with van der Waals surface area (Å²) in [5.74, 6) is 0.470. The molecule has 0 saturated carbocycles. The predicted octanol–water partition coefficient (Wildman–Crippen LogP) is 3.81. The number of allylic oxidation sites excluding steroid dienone is 1. The van der Waals surface area contributed by atoms with Crippen molar-refractivity contribution in [3.63, 3.8) is 0 Å². The van der Waals surface area contributed by atoms with E-state index in [-0.39, 0.29) is 12.5 Å². The summed E-state index contributed by atoms with van der Waals surface area (Å²) in [6.45, 7) is 5.91. The zero-order valence-corrected chi connectivity index (χ0v) is 14.2. The highest BCUT2D eigenvalue weighted by atomic mass is 16.5. The molecule has 1 amide bonds. The van der Waals surface area contributed by atoms with Gasteiger partial charge in [-0.25, -0.2) is 5.43 Å². The second kappa shape index (κ2) is 8.67. The van der Waals surface area contributed by atoms with Crippen LogP contribution in [0.4, 0.5) is 0 Å². The fourth-order valence-electron chi connectivity index (χ4n) is 2.19. The van der Waals surface area contributed by atoms with Crippen LogP contribution in [-0.4, -0.2) is 18.7 Å². The Morgan fingerprint density at radius 3 is 2.54 bits per heavy atom. The maximum atomic E-state index is 11.8. The van der Waals surface area contributed by atoms with E-state index >= 15 is 0 Å². The second-order valence-electron chi connectivity index (χ2n) is 5.53. The number of nitrogens with zero attached hydrogens (tertiary/aromatic N) is 1. The van der Waals surface area contributed by atoms with Crippen LogP contribution >= 0.6 is 0 Å². The Kier molecular flexibility index (Phi) is 6.32. The Morgan fingerprint density at radius 1 is 1.08 bits per heavy atom. The number of hydrogen-bond donors (Lipinski definition) is 1. The van der Waals surface area contributed by atoms with Crippen LogP contribution < -0.4 is 10.2 Å². The molecule has 0 aliphatic heterocycles. The zero-order valence-electron chi connectivity index (χ0n) is 14.2.